The largest absolute Gasteiger partial charge is 0.503 e. The summed E-state index contributed by atoms with van der Waals surface area (Å²) in [6.07, 6.45) is 4.40. The number of nitrogens with zero attached hydrogens (tertiary/aromatic N) is 1. The maximum atomic E-state index is 12.4. The smallest absolute Gasteiger partial charge is 0.289 e. The van der Waals surface area contributed by atoms with Crippen LogP contribution in [0.25, 0.3) is 0 Å². The van der Waals surface area contributed by atoms with E-state index in [9.17, 15) is 14.7 Å². The second-order valence-electron chi connectivity index (χ2n) is 8.31. The maximum Gasteiger partial charge on any atom is 0.289 e. The van der Waals surface area contributed by atoms with Gasteiger partial charge in [0.1, 0.15) is 0 Å². The summed E-state index contributed by atoms with van der Waals surface area (Å²) >= 11 is 11.9. The molecular formula is C25H38Cl2N2O4. The number of nitrogens with one attached hydrogen (secondary N) is 1. The van der Waals surface area contributed by atoms with Gasteiger partial charge in [0.15, 0.2) is 5.76 Å². The van der Waals surface area contributed by atoms with Crippen molar-refractivity contribution < 1.29 is 19.4 Å². The summed E-state index contributed by atoms with van der Waals surface area (Å²) in [6, 6.07) is 5.44. The minimum absolute atomic E-state index is 0.120. The van der Waals surface area contributed by atoms with Gasteiger partial charge < -0.3 is 20.1 Å². The van der Waals surface area contributed by atoms with Crippen molar-refractivity contribution in [3.8, 4) is 0 Å². The van der Waals surface area contributed by atoms with Crippen molar-refractivity contribution in [1.29, 1.82) is 0 Å². The van der Waals surface area contributed by atoms with Gasteiger partial charge in [-0.2, -0.15) is 0 Å². The molecule has 1 heterocycles. The Morgan fingerprint density at radius 1 is 1.21 bits per heavy atom. The van der Waals surface area contributed by atoms with Crippen molar-refractivity contribution in [3.63, 3.8) is 0 Å². The lowest BCUT2D eigenvalue weighted by Gasteiger charge is -2.16. The van der Waals surface area contributed by atoms with Crippen molar-refractivity contribution in [2.75, 3.05) is 32.8 Å². The summed E-state index contributed by atoms with van der Waals surface area (Å²) in [5, 5.41) is 13.8. The monoisotopic (exact) mass is 500 g/mol. The van der Waals surface area contributed by atoms with E-state index in [-0.39, 0.29) is 12.1 Å². The zero-order valence-corrected chi connectivity index (χ0v) is 21.8. The van der Waals surface area contributed by atoms with E-state index in [1.54, 1.807) is 12.1 Å². The molecule has 2 N–H and O–H groups in total. The molecule has 1 unspecified atom stereocenters. The molecule has 0 bridgehead atoms. The fraction of sp³-hybridized carbons (Fsp3) is 0.600. The lowest BCUT2D eigenvalue weighted by molar-refractivity contribution is -0.128. The summed E-state index contributed by atoms with van der Waals surface area (Å²) < 4.78 is 5.59. The van der Waals surface area contributed by atoms with Crippen LogP contribution in [0.15, 0.2) is 29.5 Å². The first kappa shape index (κ1) is 29.3. The van der Waals surface area contributed by atoms with E-state index in [0.29, 0.717) is 55.1 Å². The lowest BCUT2D eigenvalue weighted by atomic mass is 10.1. The van der Waals surface area contributed by atoms with Crippen molar-refractivity contribution in [1.82, 2.24) is 10.2 Å². The van der Waals surface area contributed by atoms with Crippen LogP contribution in [0.3, 0.4) is 0 Å². The molecule has 2 rings (SSSR count). The predicted molar refractivity (Wildman–Crippen MR) is 135 cm³/mol. The van der Waals surface area contributed by atoms with E-state index in [0.717, 1.165) is 18.4 Å². The van der Waals surface area contributed by atoms with Gasteiger partial charge >= 0.3 is 0 Å². The lowest BCUT2D eigenvalue weighted by Crippen LogP contribution is -2.31. The standard InChI is InChI=1S/C22H30Cl2N2O4.C3H8/c1-3-15(2)14-30-11-5-10-26-13-17(20(27)22(26)29)21(28)25-9-4-6-16-7-8-18(23)19(24)12-16;1-3-2/h7-8,12,15,27H,3-6,9-11,13-14H2,1-2H3,(H,25,28);3H2,1-2H3. The van der Waals surface area contributed by atoms with Crippen LogP contribution in [0.1, 0.15) is 58.9 Å². The van der Waals surface area contributed by atoms with Gasteiger partial charge in [0, 0.05) is 26.3 Å². The van der Waals surface area contributed by atoms with E-state index < -0.39 is 17.6 Å². The molecule has 0 fully saturated rings. The molecular weight excluding hydrogens is 463 g/mol. The fourth-order valence-corrected chi connectivity index (χ4v) is 3.35. The topological polar surface area (TPSA) is 78.9 Å². The summed E-state index contributed by atoms with van der Waals surface area (Å²) in [4.78, 5) is 26.0. The zero-order chi connectivity index (χ0) is 24.8. The second-order valence-corrected chi connectivity index (χ2v) is 9.13. The van der Waals surface area contributed by atoms with Gasteiger partial charge in [0.2, 0.25) is 0 Å². The van der Waals surface area contributed by atoms with E-state index in [1.807, 2.05) is 6.07 Å². The van der Waals surface area contributed by atoms with Crippen LogP contribution in [0.4, 0.5) is 0 Å². The molecule has 1 atom stereocenters. The number of rotatable bonds is 12. The third-order valence-electron chi connectivity index (χ3n) is 5.13. The Kier molecular flexibility index (Phi) is 14.2. The molecule has 0 spiro atoms. The number of ether oxygens (including phenoxy) is 1. The Bertz CT molecular complexity index is 799. The Morgan fingerprint density at radius 3 is 2.55 bits per heavy atom. The Morgan fingerprint density at radius 2 is 1.91 bits per heavy atom. The van der Waals surface area contributed by atoms with Gasteiger partial charge in [-0.25, -0.2) is 0 Å². The second kappa shape index (κ2) is 16.0. The van der Waals surface area contributed by atoms with Crippen LogP contribution in [0.2, 0.25) is 10.0 Å². The quantitative estimate of drug-likeness (QED) is 0.368. The first-order valence-electron chi connectivity index (χ1n) is 11.8. The number of carbonyl (C=O) groups excluding carboxylic acids is 2. The van der Waals surface area contributed by atoms with Crippen LogP contribution in [-0.2, 0) is 20.7 Å². The molecule has 1 aliphatic heterocycles. The van der Waals surface area contributed by atoms with Gasteiger partial charge in [-0.1, -0.05) is 69.8 Å². The number of benzene rings is 1. The molecule has 2 amide bonds. The van der Waals surface area contributed by atoms with Crippen LogP contribution < -0.4 is 5.32 Å². The third kappa shape index (κ3) is 10.4. The minimum Gasteiger partial charge on any atom is -0.503 e. The molecule has 0 saturated carbocycles. The van der Waals surface area contributed by atoms with Gasteiger partial charge in [-0.15, -0.1) is 0 Å². The van der Waals surface area contributed by atoms with Gasteiger partial charge in [0.25, 0.3) is 11.8 Å². The van der Waals surface area contributed by atoms with Crippen LogP contribution in [0, 0.1) is 5.92 Å². The summed E-state index contributed by atoms with van der Waals surface area (Å²) in [5.41, 5.74) is 1.15. The average Bonchev–Trinajstić information content (AvgIpc) is 3.07. The molecule has 0 aromatic heterocycles. The molecule has 8 heteroatoms. The number of carbonyl (C=O) groups is 2. The summed E-state index contributed by atoms with van der Waals surface area (Å²) in [6.45, 7) is 10.7. The van der Waals surface area contributed by atoms with Crippen LogP contribution in [-0.4, -0.2) is 54.7 Å². The third-order valence-corrected chi connectivity index (χ3v) is 5.87. The Labute approximate surface area is 208 Å². The predicted octanol–water partition coefficient (Wildman–Crippen LogP) is 5.57. The Balaban J connectivity index is 0.00000172. The molecule has 1 aliphatic rings. The maximum absolute atomic E-state index is 12.4. The highest BCUT2D eigenvalue weighted by Gasteiger charge is 2.33. The summed E-state index contributed by atoms with van der Waals surface area (Å²) in [7, 11) is 0. The number of amides is 2. The van der Waals surface area contributed by atoms with E-state index in [1.165, 1.54) is 11.3 Å². The normalized spacial score (nSPS) is 14.2. The fourth-order valence-electron chi connectivity index (χ4n) is 3.03. The average molecular weight is 501 g/mol. The highest BCUT2D eigenvalue weighted by atomic mass is 35.5. The van der Waals surface area contributed by atoms with Crippen LogP contribution >= 0.6 is 23.2 Å². The molecule has 33 heavy (non-hydrogen) atoms. The van der Waals surface area contributed by atoms with E-state index in [2.05, 4.69) is 33.0 Å². The number of aryl methyl sites for hydroxylation is 1. The molecule has 0 aliphatic carbocycles. The SMILES string of the molecule is CCC.CCC(C)COCCCN1CC(C(=O)NCCCc2ccc(Cl)c(Cl)c2)=C(O)C1=O. The summed E-state index contributed by atoms with van der Waals surface area (Å²) in [5.74, 6) is -0.864. The number of aliphatic hydroxyl groups excluding tert-OH is 1. The van der Waals surface area contributed by atoms with Gasteiger partial charge in [-0.05, 0) is 42.9 Å². The zero-order valence-electron chi connectivity index (χ0n) is 20.3. The molecule has 0 saturated heterocycles. The molecule has 0 radical (unpaired) electrons. The Hall–Kier alpha value is -1.76. The number of aliphatic hydroxyl groups is 1. The minimum atomic E-state index is -0.502. The van der Waals surface area contributed by atoms with Crippen molar-refractivity contribution in [2.45, 2.75) is 59.8 Å². The van der Waals surface area contributed by atoms with E-state index in [4.69, 9.17) is 27.9 Å². The van der Waals surface area contributed by atoms with Gasteiger partial charge in [-0.3, -0.25) is 9.59 Å². The number of hydrogen-bond donors (Lipinski definition) is 2. The first-order chi connectivity index (χ1) is 15.7. The highest BCUT2D eigenvalue weighted by Crippen LogP contribution is 2.23. The van der Waals surface area contributed by atoms with Crippen molar-refractivity contribution in [2.24, 2.45) is 5.92 Å². The number of hydrogen-bond acceptors (Lipinski definition) is 4. The van der Waals surface area contributed by atoms with E-state index >= 15 is 0 Å². The first-order valence-corrected chi connectivity index (χ1v) is 12.5. The van der Waals surface area contributed by atoms with Crippen LogP contribution in [0.5, 0.6) is 0 Å². The van der Waals surface area contributed by atoms with Crippen molar-refractivity contribution >= 4 is 35.0 Å². The molecule has 1 aromatic rings. The highest BCUT2D eigenvalue weighted by molar-refractivity contribution is 6.42. The van der Waals surface area contributed by atoms with Gasteiger partial charge in [0.05, 0.1) is 22.2 Å². The molecule has 6 nitrogen and oxygen atoms in total. The van der Waals surface area contributed by atoms with Crippen molar-refractivity contribution in [3.05, 3.63) is 45.1 Å². The number of halogens is 2. The molecule has 186 valence electrons. The molecule has 1 aromatic carbocycles.